The van der Waals surface area contributed by atoms with Crippen molar-refractivity contribution in [3.8, 4) is 6.07 Å². The van der Waals surface area contributed by atoms with Crippen molar-refractivity contribution in [3.63, 3.8) is 0 Å². The third-order valence-corrected chi connectivity index (χ3v) is 8.14. The molecular weight excluding hydrogens is 446 g/mol. The van der Waals surface area contributed by atoms with Gasteiger partial charge in [0.15, 0.2) is 0 Å². The van der Waals surface area contributed by atoms with Crippen molar-refractivity contribution in [2.45, 2.75) is 24.2 Å². The number of carbonyl (C=O) groups is 1. The Labute approximate surface area is 201 Å². The Balaban J connectivity index is 1.44. The second kappa shape index (κ2) is 10.6. The molecule has 0 aliphatic carbocycles. The van der Waals surface area contributed by atoms with E-state index in [0.717, 1.165) is 12.1 Å². The van der Waals surface area contributed by atoms with Crippen LogP contribution in [0.4, 0.5) is 5.69 Å². The highest BCUT2D eigenvalue weighted by atomic mass is 32.2. The number of nitriles is 1. The zero-order chi connectivity index (χ0) is 24.0. The van der Waals surface area contributed by atoms with E-state index in [4.69, 9.17) is 5.26 Å². The maximum atomic E-state index is 13.5. The Kier molecular flexibility index (Phi) is 7.41. The smallest absolute Gasteiger partial charge is 0.243 e. The van der Waals surface area contributed by atoms with E-state index in [2.05, 4.69) is 12.1 Å². The summed E-state index contributed by atoms with van der Waals surface area (Å²) in [7, 11) is -3.66. The van der Waals surface area contributed by atoms with Crippen LogP contribution in [0.2, 0.25) is 0 Å². The number of anilines is 1. The minimum Gasteiger partial charge on any atom is -0.312 e. The molecule has 1 aliphatic rings. The maximum absolute atomic E-state index is 13.5. The van der Waals surface area contributed by atoms with Gasteiger partial charge in [0.2, 0.25) is 15.9 Å². The van der Waals surface area contributed by atoms with E-state index < -0.39 is 10.0 Å². The number of benzene rings is 3. The molecule has 0 radical (unpaired) electrons. The SMILES string of the molecule is N#Cc1ccc(S(=O)(=O)N2CCC(C(=O)N(CCc3ccccc3)c3ccccc3)CC2)cc1. The number of hydrogen-bond donors (Lipinski definition) is 0. The summed E-state index contributed by atoms with van der Waals surface area (Å²) < 4.78 is 27.5. The molecule has 0 unspecified atom stereocenters. The Bertz CT molecular complexity index is 1250. The van der Waals surface area contributed by atoms with E-state index in [1.54, 1.807) is 0 Å². The van der Waals surface area contributed by atoms with Gasteiger partial charge in [-0.3, -0.25) is 4.79 Å². The van der Waals surface area contributed by atoms with Gasteiger partial charge >= 0.3 is 0 Å². The molecule has 34 heavy (non-hydrogen) atoms. The molecule has 7 heteroatoms. The van der Waals surface area contributed by atoms with Gasteiger partial charge < -0.3 is 4.90 Å². The quantitative estimate of drug-likeness (QED) is 0.514. The van der Waals surface area contributed by atoms with E-state index >= 15 is 0 Å². The van der Waals surface area contributed by atoms with Crippen molar-refractivity contribution < 1.29 is 13.2 Å². The Morgan fingerprint density at radius 2 is 1.50 bits per heavy atom. The maximum Gasteiger partial charge on any atom is 0.243 e. The van der Waals surface area contributed by atoms with Crippen molar-refractivity contribution in [1.82, 2.24) is 4.31 Å². The molecule has 6 nitrogen and oxygen atoms in total. The molecule has 0 aromatic heterocycles. The van der Waals surface area contributed by atoms with Crippen molar-refractivity contribution in [2.24, 2.45) is 5.92 Å². The molecule has 1 heterocycles. The monoisotopic (exact) mass is 473 g/mol. The van der Waals surface area contributed by atoms with E-state index in [1.807, 2.05) is 59.5 Å². The van der Waals surface area contributed by atoms with Gasteiger partial charge in [-0.25, -0.2) is 8.42 Å². The molecule has 1 fully saturated rings. The summed E-state index contributed by atoms with van der Waals surface area (Å²) in [5, 5.41) is 8.95. The van der Waals surface area contributed by atoms with Crippen molar-refractivity contribution in [2.75, 3.05) is 24.5 Å². The van der Waals surface area contributed by atoms with Crippen LogP contribution >= 0.6 is 0 Å². The van der Waals surface area contributed by atoms with Crippen LogP contribution in [0.25, 0.3) is 0 Å². The third-order valence-electron chi connectivity index (χ3n) is 6.23. The summed E-state index contributed by atoms with van der Waals surface area (Å²) in [5.41, 5.74) is 2.44. The normalized spacial score (nSPS) is 14.9. The molecule has 174 valence electrons. The molecule has 4 rings (SSSR count). The number of carbonyl (C=O) groups excluding carboxylic acids is 1. The lowest BCUT2D eigenvalue weighted by Gasteiger charge is -2.34. The highest BCUT2D eigenvalue weighted by molar-refractivity contribution is 7.89. The summed E-state index contributed by atoms with van der Waals surface area (Å²) in [6.07, 6.45) is 1.69. The lowest BCUT2D eigenvalue weighted by Crippen LogP contribution is -2.45. The summed E-state index contributed by atoms with van der Waals surface area (Å²) in [6, 6.07) is 27.7. The first-order chi connectivity index (χ1) is 16.5. The Morgan fingerprint density at radius 1 is 0.912 bits per heavy atom. The number of hydrogen-bond acceptors (Lipinski definition) is 4. The molecular formula is C27H27N3O3S. The predicted octanol–water partition coefficient (Wildman–Crippen LogP) is 4.23. The summed E-state index contributed by atoms with van der Waals surface area (Å²) in [5.74, 6) is -0.194. The van der Waals surface area contributed by atoms with E-state index in [9.17, 15) is 13.2 Å². The van der Waals surface area contributed by atoms with Gasteiger partial charge in [0.05, 0.1) is 16.5 Å². The van der Waals surface area contributed by atoms with Crippen LogP contribution < -0.4 is 4.90 Å². The molecule has 3 aromatic carbocycles. The minimum atomic E-state index is -3.66. The summed E-state index contributed by atoms with van der Waals surface area (Å²) >= 11 is 0. The van der Waals surface area contributed by atoms with Gasteiger partial charge in [-0.15, -0.1) is 0 Å². The molecule has 1 amide bonds. The van der Waals surface area contributed by atoms with Crippen LogP contribution in [-0.2, 0) is 21.2 Å². The van der Waals surface area contributed by atoms with Crippen LogP contribution in [0.1, 0.15) is 24.0 Å². The van der Waals surface area contributed by atoms with Gasteiger partial charge in [0, 0.05) is 31.2 Å². The zero-order valence-electron chi connectivity index (χ0n) is 18.9. The van der Waals surface area contributed by atoms with Gasteiger partial charge in [-0.1, -0.05) is 48.5 Å². The fourth-order valence-electron chi connectivity index (χ4n) is 4.27. The largest absolute Gasteiger partial charge is 0.312 e. The molecule has 0 atom stereocenters. The van der Waals surface area contributed by atoms with Crippen LogP contribution in [0.15, 0.2) is 89.8 Å². The molecule has 0 saturated carbocycles. The van der Waals surface area contributed by atoms with Crippen LogP contribution in [0, 0.1) is 17.2 Å². The standard InChI is InChI=1S/C27H27N3O3S/c28-21-23-11-13-26(14-12-23)34(32,33)29-18-16-24(17-19-29)27(31)30(25-9-5-2-6-10-25)20-15-22-7-3-1-4-8-22/h1-14,24H,15-20H2. The Hall–Kier alpha value is -3.47. The second-order valence-corrected chi connectivity index (χ2v) is 10.3. The molecule has 0 spiro atoms. The molecule has 3 aromatic rings. The van der Waals surface area contributed by atoms with Crippen LogP contribution in [-0.4, -0.2) is 38.3 Å². The first kappa shape index (κ1) is 23.7. The first-order valence-electron chi connectivity index (χ1n) is 11.4. The number of sulfonamides is 1. The van der Waals surface area contributed by atoms with Gasteiger partial charge in [0.1, 0.15) is 0 Å². The lowest BCUT2D eigenvalue weighted by molar-refractivity contribution is -0.123. The highest BCUT2D eigenvalue weighted by Crippen LogP contribution is 2.27. The average molecular weight is 474 g/mol. The third kappa shape index (κ3) is 5.36. The second-order valence-electron chi connectivity index (χ2n) is 8.38. The molecule has 0 bridgehead atoms. The van der Waals surface area contributed by atoms with Crippen LogP contribution in [0.3, 0.4) is 0 Å². The number of amides is 1. The number of rotatable bonds is 7. The molecule has 0 N–H and O–H groups in total. The summed E-state index contributed by atoms with van der Waals surface area (Å²) in [4.78, 5) is 15.6. The predicted molar refractivity (Wildman–Crippen MR) is 132 cm³/mol. The minimum absolute atomic E-state index is 0.0394. The summed E-state index contributed by atoms with van der Waals surface area (Å²) in [6.45, 7) is 1.15. The Morgan fingerprint density at radius 3 is 2.09 bits per heavy atom. The van der Waals surface area contributed by atoms with Crippen molar-refractivity contribution in [3.05, 3.63) is 96.1 Å². The van der Waals surface area contributed by atoms with Gasteiger partial charge in [0.25, 0.3) is 0 Å². The van der Waals surface area contributed by atoms with Crippen LogP contribution in [0.5, 0.6) is 0 Å². The van der Waals surface area contributed by atoms with Gasteiger partial charge in [-0.05, 0) is 61.2 Å². The fraction of sp³-hybridized carbons (Fsp3) is 0.259. The topological polar surface area (TPSA) is 81.5 Å². The van der Waals surface area contributed by atoms with Crippen molar-refractivity contribution in [1.29, 1.82) is 5.26 Å². The van der Waals surface area contributed by atoms with Crippen molar-refractivity contribution >= 4 is 21.6 Å². The zero-order valence-corrected chi connectivity index (χ0v) is 19.7. The molecule has 1 aliphatic heterocycles. The average Bonchev–Trinajstić information content (AvgIpc) is 2.90. The molecule has 1 saturated heterocycles. The first-order valence-corrected chi connectivity index (χ1v) is 12.8. The van der Waals surface area contributed by atoms with E-state index in [-0.39, 0.29) is 16.7 Å². The fourth-order valence-corrected chi connectivity index (χ4v) is 5.74. The number of para-hydroxylation sites is 1. The highest BCUT2D eigenvalue weighted by Gasteiger charge is 2.34. The van der Waals surface area contributed by atoms with E-state index in [0.29, 0.717) is 38.0 Å². The lowest BCUT2D eigenvalue weighted by atomic mass is 9.96. The number of piperidine rings is 1. The number of nitrogens with zero attached hydrogens (tertiary/aromatic N) is 3. The van der Waals surface area contributed by atoms with Gasteiger partial charge in [-0.2, -0.15) is 9.57 Å². The van der Waals surface area contributed by atoms with E-state index in [1.165, 1.54) is 34.1 Å².